The molecule has 0 atom stereocenters. The van der Waals surface area contributed by atoms with Gasteiger partial charge in [-0.15, -0.1) is 0 Å². The Morgan fingerprint density at radius 1 is 0.974 bits per heavy atom. The summed E-state index contributed by atoms with van der Waals surface area (Å²) in [5.74, 6) is -1.83. The number of alkyl halides is 3. The minimum absolute atomic E-state index is 0.0763. The van der Waals surface area contributed by atoms with Gasteiger partial charge < -0.3 is 19.4 Å². The van der Waals surface area contributed by atoms with Crippen molar-refractivity contribution < 1.29 is 32.2 Å². The summed E-state index contributed by atoms with van der Waals surface area (Å²) >= 11 is 12.2. The number of ether oxygens (including phenoxy) is 2. The van der Waals surface area contributed by atoms with Crippen LogP contribution in [-0.4, -0.2) is 30.0 Å². The Bertz CT molecular complexity index is 1520. The number of methoxy groups -OCH3 is 1. The molecule has 0 saturated carbocycles. The van der Waals surface area contributed by atoms with Gasteiger partial charge in [-0.1, -0.05) is 29.3 Å². The van der Waals surface area contributed by atoms with Crippen molar-refractivity contribution in [3.8, 4) is 11.5 Å². The molecule has 4 aromatic rings. The maximum atomic E-state index is 14.6. The van der Waals surface area contributed by atoms with Crippen molar-refractivity contribution in [3.05, 3.63) is 87.5 Å². The van der Waals surface area contributed by atoms with Crippen molar-refractivity contribution >= 4 is 51.5 Å². The van der Waals surface area contributed by atoms with Crippen molar-refractivity contribution in [2.45, 2.75) is 19.6 Å². The molecule has 1 N–H and O–H groups in total. The molecule has 4 rings (SSSR count). The number of hydrogen-bond acceptors (Lipinski definition) is 4. The third kappa shape index (κ3) is 5.58. The number of halogens is 5. The fourth-order valence-electron chi connectivity index (χ4n) is 4.08. The molecule has 0 unspecified atom stereocenters. The Morgan fingerprint density at radius 2 is 1.66 bits per heavy atom. The first kappa shape index (κ1) is 27.3. The first-order valence-corrected chi connectivity index (χ1v) is 12.1. The van der Waals surface area contributed by atoms with E-state index < -0.39 is 29.1 Å². The lowest BCUT2D eigenvalue weighted by atomic mass is 10.0. The zero-order valence-corrected chi connectivity index (χ0v) is 21.7. The fourth-order valence-corrected chi connectivity index (χ4v) is 4.54. The molecule has 38 heavy (non-hydrogen) atoms. The SMILES string of the molecule is CCOc1ccc2c(c1)c(C(=O)C(=O)Nc1ccc(OC)cc1)c(C(F)(F)F)n2Cc1ccc(Cl)cc1Cl. The molecule has 0 spiro atoms. The monoisotopic (exact) mass is 564 g/mol. The Kier molecular flexibility index (Phi) is 7.89. The zero-order valence-electron chi connectivity index (χ0n) is 20.2. The molecule has 0 radical (unpaired) electrons. The number of nitrogens with one attached hydrogen (secondary N) is 1. The van der Waals surface area contributed by atoms with E-state index in [1.807, 2.05) is 0 Å². The van der Waals surface area contributed by atoms with Crippen LogP contribution in [0.3, 0.4) is 0 Å². The van der Waals surface area contributed by atoms with Crippen LogP contribution in [0.2, 0.25) is 10.0 Å². The maximum absolute atomic E-state index is 14.6. The van der Waals surface area contributed by atoms with Crippen molar-refractivity contribution in [1.82, 2.24) is 4.57 Å². The van der Waals surface area contributed by atoms with Crippen LogP contribution >= 0.6 is 23.2 Å². The summed E-state index contributed by atoms with van der Waals surface area (Å²) in [6.07, 6.45) is -4.99. The van der Waals surface area contributed by atoms with E-state index in [0.717, 1.165) is 4.57 Å². The molecule has 1 amide bonds. The molecule has 0 aliphatic carbocycles. The number of carbonyl (C=O) groups is 2. The van der Waals surface area contributed by atoms with Gasteiger partial charge in [0.05, 0.1) is 19.3 Å². The molecule has 0 aliphatic rings. The van der Waals surface area contributed by atoms with E-state index in [4.69, 9.17) is 32.7 Å². The van der Waals surface area contributed by atoms with Crippen molar-refractivity contribution in [1.29, 1.82) is 0 Å². The lowest BCUT2D eigenvalue weighted by molar-refractivity contribution is -0.143. The normalized spacial score (nSPS) is 11.4. The van der Waals surface area contributed by atoms with Crippen LogP contribution in [0.1, 0.15) is 28.5 Å². The fraction of sp³-hybridized carbons (Fsp3) is 0.185. The van der Waals surface area contributed by atoms with Gasteiger partial charge in [-0.3, -0.25) is 9.59 Å². The number of anilines is 1. The summed E-state index contributed by atoms with van der Waals surface area (Å²) < 4.78 is 55.2. The molecule has 1 aromatic heterocycles. The second-order valence-electron chi connectivity index (χ2n) is 8.17. The molecular formula is C27H21Cl2F3N2O4. The Morgan fingerprint density at radius 3 is 2.26 bits per heavy atom. The number of hydrogen-bond donors (Lipinski definition) is 1. The number of ketones is 1. The van der Waals surface area contributed by atoms with E-state index in [0.29, 0.717) is 16.3 Å². The van der Waals surface area contributed by atoms with Gasteiger partial charge in [-0.2, -0.15) is 13.2 Å². The van der Waals surface area contributed by atoms with Crippen LogP contribution in [0.25, 0.3) is 10.9 Å². The largest absolute Gasteiger partial charge is 0.497 e. The van der Waals surface area contributed by atoms with E-state index in [1.54, 1.807) is 6.92 Å². The van der Waals surface area contributed by atoms with Gasteiger partial charge in [0.15, 0.2) is 0 Å². The summed E-state index contributed by atoms with van der Waals surface area (Å²) in [6, 6.07) is 14.7. The Balaban J connectivity index is 1.88. The first-order chi connectivity index (χ1) is 18.0. The summed E-state index contributed by atoms with van der Waals surface area (Å²) in [7, 11) is 1.46. The lowest BCUT2D eigenvalue weighted by Gasteiger charge is -2.16. The van der Waals surface area contributed by atoms with E-state index in [-0.39, 0.29) is 40.5 Å². The van der Waals surface area contributed by atoms with Gasteiger partial charge in [0.1, 0.15) is 17.2 Å². The Hall–Kier alpha value is -3.69. The van der Waals surface area contributed by atoms with Gasteiger partial charge in [0, 0.05) is 33.2 Å². The molecule has 0 fully saturated rings. The molecule has 11 heteroatoms. The summed E-state index contributed by atoms with van der Waals surface area (Å²) in [5.41, 5.74) is -1.43. The maximum Gasteiger partial charge on any atom is 0.432 e. The number of nitrogens with zero attached hydrogens (tertiary/aromatic N) is 1. The molecule has 0 bridgehead atoms. The van der Waals surface area contributed by atoms with Crippen LogP contribution in [-0.2, 0) is 17.5 Å². The molecule has 1 heterocycles. The number of carbonyl (C=O) groups excluding carboxylic acids is 2. The topological polar surface area (TPSA) is 69.6 Å². The predicted octanol–water partition coefficient (Wildman–Crippen LogP) is 7.24. The van der Waals surface area contributed by atoms with E-state index in [9.17, 15) is 22.8 Å². The average molecular weight is 565 g/mol. The quantitative estimate of drug-likeness (QED) is 0.181. The predicted molar refractivity (Wildman–Crippen MR) is 140 cm³/mol. The van der Waals surface area contributed by atoms with Crippen molar-refractivity contribution in [2.75, 3.05) is 19.0 Å². The summed E-state index contributed by atoms with van der Waals surface area (Å²) in [6.45, 7) is 1.63. The molecule has 0 saturated heterocycles. The van der Waals surface area contributed by atoms with Crippen LogP contribution in [0.4, 0.5) is 18.9 Å². The number of rotatable bonds is 8. The molecule has 198 valence electrons. The van der Waals surface area contributed by atoms with Crippen LogP contribution in [0.15, 0.2) is 60.7 Å². The molecule has 0 aliphatic heterocycles. The second-order valence-corrected chi connectivity index (χ2v) is 9.01. The minimum Gasteiger partial charge on any atom is -0.497 e. The van der Waals surface area contributed by atoms with E-state index in [1.165, 1.54) is 67.8 Å². The third-order valence-corrected chi connectivity index (χ3v) is 6.33. The number of amides is 1. The number of Topliss-reactive ketones (excluding diaryl/α,β-unsaturated/α-hetero) is 1. The highest BCUT2D eigenvalue weighted by atomic mass is 35.5. The van der Waals surface area contributed by atoms with Gasteiger partial charge in [0.25, 0.3) is 11.7 Å². The Labute approximate surface area is 225 Å². The molecule has 6 nitrogen and oxygen atoms in total. The van der Waals surface area contributed by atoms with Gasteiger partial charge in [-0.05, 0) is 67.1 Å². The van der Waals surface area contributed by atoms with Crippen molar-refractivity contribution in [3.63, 3.8) is 0 Å². The van der Waals surface area contributed by atoms with Gasteiger partial charge in [0.2, 0.25) is 0 Å². The smallest absolute Gasteiger partial charge is 0.432 e. The zero-order chi connectivity index (χ0) is 27.6. The first-order valence-electron chi connectivity index (χ1n) is 11.3. The number of aromatic nitrogens is 1. The average Bonchev–Trinajstić information content (AvgIpc) is 3.19. The number of benzene rings is 3. The summed E-state index contributed by atoms with van der Waals surface area (Å²) in [5, 5.41) is 2.76. The van der Waals surface area contributed by atoms with Gasteiger partial charge >= 0.3 is 6.18 Å². The summed E-state index contributed by atoms with van der Waals surface area (Å²) in [4.78, 5) is 26.3. The van der Waals surface area contributed by atoms with Crippen LogP contribution in [0, 0.1) is 0 Å². The highest BCUT2D eigenvalue weighted by molar-refractivity contribution is 6.48. The van der Waals surface area contributed by atoms with Crippen LogP contribution in [0.5, 0.6) is 11.5 Å². The molecular weight excluding hydrogens is 544 g/mol. The van der Waals surface area contributed by atoms with E-state index in [2.05, 4.69) is 5.32 Å². The third-order valence-electron chi connectivity index (χ3n) is 5.74. The lowest BCUT2D eigenvalue weighted by Crippen LogP contribution is -2.26. The van der Waals surface area contributed by atoms with E-state index >= 15 is 0 Å². The second kappa shape index (κ2) is 11.0. The minimum atomic E-state index is -4.99. The number of fused-ring (bicyclic) bond motifs is 1. The highest BCUT2D eigenvalue weighted by Crippen LogP contribution is 2.41. The standard InChI is InChI=1S/C27H21Cl2F3N2O4/c1-3-38-19-10-11-22-20(13-19)23(24(35)26(36)33-17-6-8-18(37-2)9-7-17)25(27(30,31)32)34(22)14-15-4-5-16(28)12-21(15)29/h4-13H,3,14H2,1-2H3,(H,33,36). The van der Waals surface area contributed by atoms with Crippen LogP contribution < -0.4 is 14.8 Å². The highest BCUT2D eigenvalue weighted by Gasteiger charge is 2.42. The van der Waals surface area contributed by atoms with Crippen molar-refractivity contribution in [2.24, 2.45) is 0 Å². The van der Waals surface area contributed by atoms with Gasteiger partial charge in [-0.25, -0.2) is 0 Å². The molecule has 3 aromatic carbocycles.